The molecule has 2 aliphatic heterocycles. The highest BCUT2D eigenvalue weighted by molar-refractivity contribution is 7.89. The van der Waals surface area contributed by atoms with Crippen molar-refractivity contribution in [1.82, 2.24) is 15.0 Å². The van der Waals surface area contributed by atoms with E-state index in [9.17, 15) is 8.42 Å². The molecule has 0 saturated carbocycles. The van der Waals surface area contributed by atoms with Gasteiger partial charge in [0, 0.05) is 36.8 Å². The number of ether oxygens (including phenoxy) is 1. The minimum absolute atomic E-state index is 0.0252. The van der Waals surface area contributed by atoms with E-state index >= 15 is 0 Å². The van der Waals surface area contributed by atoms with Gasteiger partial charge in [-0.15, -0.1) is 0 Å². The number of nitrogens with one attached hydrogen (secondary N) is 2. The van der Waals surface area contributed by atoms with Gasteiger partial charge in [-0.05, 0) is 36.1 Å². The molecule has 178 valence electrons. The smallest absolute Gasteiger partial charge is 0.237 e. The highest BCUT2D eigenvalue weighted by atomic mass is 32.2. The standard InChI is InChI=1S/C24H28N6O3S/c1-3-19-21(13-26-23-22(19)25-9-11-33-23)30-10-8-17-12-27-24(29-20(17)14-30)28-18-6-4-16(5-7-18)15-34(2,31)32/h4-7,12-13,25H,3,8-11,14-15H2,1-2H3,(H,27,28,29). The Balaban J connectivity index is 1.35. The molecule has 4 heterocycles. The molecule has 0 saturated heterocycles. The van der Waals surface area contributed by atoms with E-state index in [4.69, 9.17) is 9.72 Å². The van der Waals surface area contributed by atoms with Crippen LogP contribution in [0.1, 0.15) is 29.3 Å². The van der Waals surface area contributed by atoms with Crippen LogP contribution >= 0.6 is 0 Å². The highest BCUT2D eigenvalue weighted by Gasteiger charge is 2.25. The van der Waals surface area contributed by atoms with Crippen LogP contribution in [0.3, 0.4) is 0 Å². The number of aromatic nitrogens is 3. The summed E-state index contributed by atoms with van der Waals surface area (Å²) in [5.74, 6) is 1.23. The van der Waals surface area contributed by atoms with Crippen LogP contribution in [0.15, 0.2) is 36.7 Å². The van der Waals surface area contributed by atoms with Gasteiger partial charge in [0.15, 0.2) is 9.84 Å². The minimum atomic E-state index is -3.06. The van der Waals surface area contributed by atoms with Gasteiger partial charge in [0.25, 0.3) is 0 Å². The maximum Gasteiger partial charge on any atom is 0.237 e. The summed E-state index contributed by atoms with van der Waals surface area (Å²) in [6.45, 7) is 5.12. The number of benzene rings is 1. The van der Waals surface area contributed by atoms with Gasteiger partial charge >= 0.3 is 0 Å². The summed E-state index contributed by atoms with van der Waals surface area (Å²) < 4.78 is 28.7. The van der Waals surface area contributed by atoms with E-state index in [1.54, 1.807) is 12.1 Å². The zero-order chi connectivity index (χ0) is 23.7. The first-order chi connectivity index (χ1) is 16.4. The summed E-state index contributed by atoms with van der Waals surface area (Å²) in [5.41, 5.74) is 7.02. The van der Waals surface area contributed by atoms with E-state index in [1.807, 2.05) is 24.5 Å². The number of hydrogen-bond acceptors (Lipinski definition) is 9. The molecule has 0 fully saturated rings. The third-order valence-electron chi connectivity index (χ3n) is 6.05. The number of pyridine rings is 1. The summed E-state index contributed by atoms with van der Waals surface area (Å²) in [6.07, 6.45) is 6.78. The van der Waals surface area contributed by atoms with Gasteiger partial charge in [-0.25, -0.2) is 23.4 Å². The summed E-state index contributed by atoms with van der Waals surface area (Å²) in [4.78, 5) is 16.1. The molecule has 0 bridgehead atoms. The molecule has 9 nitrogen and oxygen atoms in total. The summed E-state index contributed by atoms with van der Waals surface area (Å²) in [7, 11) is -3.06. The normalized spacial score (nSPS) is 15.1. The van der Waals surface area contributed by atoms with Crippen LogP contribution < -0.4 is 20.3 Å². The van der Waals surface area contributed by atoms with Gasteiger partial charge in [-0.2, -0.15) is 0 Å². The largest absolute Gasteiger partial charge is 0.474 e. The quantitative estimate of drug-likeness (QED) is 0.550. The molecule has 0 radical (unpaired) electrons. The Morgan fingerprint density at radius 3 is 2.76 bits per heavy atom. The van der Waals surface area contributed by atoms with Crippen LogP contribution in [0.2, 0.25) is 0 Å². The van der Waals surface area contributed by atoms with Crippen molar-refractivity contribution in [3.05, 3.63) is 59.0 Å². The van der Waals surface area contributed by atoms with E-state index in [1.165, 1.54) is 11.8 Å². The summed E-state index contributed by atoms with van der Waals surface area (Å²) >= 11 is 0. The summed E-state index contributed by atoms with van der Waals surface area (Å²) in [6, 6.07) is 7.29. The van der Waals surface area contributed by atoms with Crippen LogP contribution in [-0.2, 0) is 35.0 Å². The monoisotopic (exact) mass is 480 g/mol. The van der Waals surface area contributed by atoms with E-state index in [2.05, 4.69) is 32.4 Å². The van der Waals surface area contributed by atoms with Crippen molar-refractivity contribution in [2.75, 3.05) is 41.5 Å². The highest BCUT2D eigenvalue weighted by Crippen LogP contribution is 2.37. The van der Waals surface area contributed by atoms with Crippen molar-refractivity contribution in [1.29, 1.82) is 0 Å². The Morgan fingerprint density at radius 1 is 1.18 bits per heavy atom. The number of fused-ring (bicyclic) bond motifs is 2. The third-order valence-corrected chi connectivity index (χ3v) is 6.91. The van der Waals surface area contributed by atoms with Crippen molar-refractivity contribution in [3.8, 4) is 5.88 Å². The van der Waals surface area contributed by atoms with Crippen LogP contribution in [0.4, 0.5) is 23.0 Å². The maximum atomic E-state index is 11.5. The second-order valence-electron chi connectivity index (χ2n) is 8.66. The van der Waals surface area contributed by atoms with E-state index in [0.29, 0.717) is 25.0 Å². The van der Waals surface area contributed by atoms with Crippen LogP contribution in [0.5, 0.6) is 5.88 Å². The number of hydrogen-bond donors (Lipinski definition) is 2. The Labute approximate surface area is 199 Å². The first-order valence-corrected chi connectivity index (χ1v) is 13.5. The number of anilines is 4. The Hall–Kier alpha value is -3.40. The van der Waals surface area contributed by atoms with Gasteiger partial charge in [0.1, 0.15) is 12.3 Å². The average Bonchev–Trinajstić information content (AvgIpc) is 2.83. The van der Waals surface area contributed by atoms with Gasteiger partial charge in [0.2, 0.25) is 11.8 Å². The Kier molecular flexibility index (Phi) is 5.99. The molecule has 2 N–H and O–H groups in total. The zero-order valence-corrected chi connectivity index (χ0v) is 20.2. The van der Waals surface area contributed by atoms with E-state index in [0.717, 1.165) is 59.8 Å². The van der Waals surface area contributed by atoms with Crippen molar-refractivity contribution >= 4 is 32.8 Å². The predicted molar refractivity (Wildman–Crippen MR) is 133 cm³/mol. The van der Waals surface area contributed by atoms with Gasteiger partial charge in [-0.1, -0.05) is 19.1 Å². The topological polar surface area (TPSA) is 109 Å². The molecular formula is C24H28N6O3S. The first-order valence-electron chi connectivity index (χ1n) is 11.4. The molecule has 10 heteroatoms. The van der Waals surface area contributed by atoms with E-state index < -0.39 is 9.84 Å². The lowest BCUT2D eigenvalue weighted by Crippen LogP contribution is -2.33. The molecule has 0 aliphatic carbocycles. The Bertz CT molecular complexity index is 1310. The first kappa shape index (κ1) is 22.4. The second-order valence-corrected chi connectivity index (χ2v) is 10.8. The molecule has 2 aromatic heterocycles. The molecule has 1 aromatic carbocycles. The number of sulfone groups is 1. The second kappa shape index (κ2) is 9.09. The molecular weight excluding hydrogens is 452 g/mol. The zero-order valence-electron chi connectivity index (χ0n) is 19.3. The molecule has 34 heavy (non-hydrogen) atoms. The van der Waals surface area contributed by atoms with Crippen LogP contribution in [-0.4, -0.2) is 49.3 Å². The SMILES string of the molecule is CCc1c(N2CCc3cnc(Nc4ccc(CS(C)(=O)=O)cc4)nc3C2)cnc2c1NCCO2. The van der Waals surface area contributed by atoms with E-state index in [-0.39, 0.29) is 5.75 Å². The Morgan fingerprint density at radius 2 is 2.00 bits per heavy atom. The van der Waals surface area contributed by atoms with Gasteiger partial charge in [-0.3, -0.25) is 0 Å². The van der Waals surface area contributed by atoms with Crippen molar-refractivity contribution < 1.29 is 13.2 Å². The molecule has 5 rings (SSSR count). The number of nitrogens with zero attached hydrogens (tertiary/aromatic N) is 4. The molecule has 0 unspecified atom stereocenters. The van der Waals surface area contributed by atoms with Crippen molar-refractivity contribution in [2.24, 2.45) is 0 Å². The van der Waals surface area contributed by atoms with Crippen molar-refractivity contribution in [2.45, 2.75) is 32.1 Å². The molecule has 0 amide bonds. The lowest BCUT2D eigenvalue weighted by Gasteiger charge is -2.33. The fraction of sp³-hybridized carbons (Fsp3) is 0.375. The van der Waals surface area contributed by atoms with Crippen LogP contribution in [0.25, 0.3) is 0 Å². The fourth-order valence-corrected chi connectivity index (χ4v) is 5.25. The third kappa shape index (κ3) is 4.77. The van der Waals surface area contributed by atoms with Gasteiger partial charge < -0.3 is 20.3 Å². The van der Waals surface area contributed by atoms with Crippen LogP contribution in [0, 0.1) is 0 Å². The van der Waals surface area contributed by atoms with Crippen molar-refractivity contribution in [3.63, 3.8) is 0 Å². The van der Waals surface area contributed by atoms with Gasteiger partial charge in [0.05, 0.1) is 29.9 Å². The number of rotatable bonds is 6. The summed E-state index contributed by atoms with van der Waals surface area (Å²) in [5, 5.41) is 6.68. The average molecular weight is 481 g/mol. The molecule has 3 aromatic rings. The maximum absolute atomic E-state index is 11.5. The fourth-order valence-electron chi connectivity index (χ4n) is 4.45. The lowest BCUT2D eigenvalue weighted by atomic mass is 10.0. The molecule has 0 atom stereocenters. The minimum Gasteiger partial charge on any atom is -0.474 e. The lowest BCUT2D eigenvalue weighted by molar-refractivity contribution is 0.310. The molecule has 0 spiro atoms. The predicted octanol–water partition coefficient (Wildman–Crippen LogP) is 3.09. The molecule has 2 aliphatic rings.